The number of aromatic hydroxyl groups is 1. The van der Waals surface area contributed by atoms with Gasteiger partial charge in [-0.3, -0.25) is 14.4 Å². The van der Waals surface area contributed by atoms with E-state index in [0.717, 1.165) is 38.2 Å². The molecule has 3 N–H and O–H groups in total. The number of fused-ring (bicyclic) bond motifs is 1. The Hall–Kier alpha value is -2.90. The molecular weight excluding hydrogens is 355 g/mol. The van der Waals surface area contributed by atoms with E-state index in [1.165, 1.54) is 16.7 Å². The Morgan fingerprint density at radius 2 is 1.96 bits per heavy atom. The summed E-state index contributed by atoms with van der Waals surface area (Å²) in [4.78, 5) is 35.8. The Morgan fingerprint density at radius 3 is 2.63 bits per heavy atom. The van der Waals surface area contributed by atoms with Crippen molar-refractivity contribution in [1.82, 2.24) is 9.88 Å². The van der Waals surface area contributed by atoms with Crippen LogP contribution in [0.3, 0.4) is 0 Å². The van der Waals surface area contributed by atoms with E-state index in [2.05, 4.69) is 5.32 Å². The Balaban J connectivity index is 2.06. The number of nitrogens with zero attached hydrogens (tertiary/aromatic N) is 1. The summed E-state index contributed by atoms with van der Waals surface area (Å²) in [5.74, 6) is -3.05. The fourth-order valence-corrected chi connectivity index (χ4v) is 3.70. The van der Waals surface area contributed by atoms with Crippen molar-refractivity contribution in [3.05, 3.63) is 39.9 Å². The molecule has 1 fully saturated rings. The number of carbonyl (C=O) groups is 2. The summed E-state index contributed by atoms with van der Waals surface area (Å²) in [6, 6.07) is 3.65. The van der Waals surface area contributed by atoms with Crippen LogP contribution in [0.1, 0.15) is 42.5 Å². The second-order valence-electron chi connectivity index (χ2n) is 6.86. The number of amides is 1. The number of carboxylic acid groups (broad SMARTS) is 1. The summed E-state index contributed by atoms with van der Waals surface area (Å²) in [6.45, 7) is -0.355. The van der Waals surface area contributed by atoms with E-state index in [9.17, 15) is 23.9 Å². The Labute approximate surface area is 154 Å². The van der Waals surface area contributed by atoms with Crippen LogP contribution in [0.25, 0.3) is 10.9 Å². The van der Waals surface area contributed by atoms with Crippen LogP contribution in [0.4, 0.5) is 4.39 Å². The fraction of sp³-hybridized carbons (Fsp3) is 0.421. The number of hydrogen-bond donors (Lipinski definition) is 3. The zero-order valence-electron chi connectivity index (χ0n) is 14.7. The number of aryl methyl sites for hydroxylation is 1. The summed E-state index contributed by atoms with van der Waals surface area (Å²) in [7, 11) is 0. The minimum Gasteiger partial charge on any atom is -0.506 e. The molecule has 1 aromatic carbocycles. The summed E-state index contributed by atoms with van der Waals surface area (Å²) in [6.07, 6.45) is 5.23. The van der Waals surface area contributed by atoms with Crippen molar-refractivity contribution < 1.29 is 24.2 Å². The Bertz CT molecular complexity index is 947. The second-order valence-corrected chi connectivity index (χ2v) is 6.86. The predicted octanol–water partition coefficient (Wildman–Crippen LogP) is 2.24. The summed E-state index contributed by atoms with van der Waals surface area (Å²) < 4.78 is 15.1. The van der Waals surface area contributed by atoms with Crippen molar-refractivity contribution in [2.45, 2.75) is 38.6 Å². The molecule has 0 unspecified atom stereocenters. The number of aliphatic carboxylic acids is 1. The van der Waals surface area contributed by atoms with Gasteiger partial charge in [-0.15, -0.1) is 0 Å². The Morgan fingerprint density at radius 1 is 1.26 bits per heavy atom. The van der Waals surface area contributed by atoms with Crippen molar-refractivity contribution in [2.75, 3.05) is 6.54 Å². The van der Waals surface area contributed by atoms with E-state index in [-0.39, 0.29) is 5.39 Å². The fourth-order valence-electron chi connectivity index (χ4n) is 3.70. The molecular formula is C19H21FN2O5. The van der Waals surface area contributed by atoms with Crippen LogP contribution in [-0.2, 0) is 11.3 Å². The molecule has 27 heavy (non-hydrogen) atoms. The Kier molecular flexibility index (Phi) is 5.43. The van der Waals surface area contributed by atoms with Crippen molar-refractivity contribution in [1.29, 1.82) is 0 Å². The summed E-state index contributed by atoms with van der Waals surface area (Å²) >= 11 is 0. The highest BCUT2D eigenvalue weighted by Gasteiger charge is 2.24. The van der Waals surface area contributed by atoms with E-state index in [1.54, 1.807) is 0 Å². The lowest BCUT2D eigenvalue weighted by atomic mass is 10.0. The number of carboxylic acids is 1. The minimum atomic E-state index is -1.28. The van der Waals surface area contributed by atoms with Gasteiger partial charge in [0.05, 0.1) is 5.52 Å². The molecule has 0 spiro atoms. The number of halogens is 1. The van der Waals surface area contributed by atoms with Crippen LogP contribution in [0.15, 0.2) is 23.0 Å². The van der Waals surface area contributed by atoms with Crippen LogP contribution < -0.4 is 10.9 Å². The zero-order chi connectivity index (χ0) is 19.6. The van der Waals surface area contributed by atoms with Gasteiger partial charge in [0.15, 0.2) is 0 Å². The van der Waals surface area contributed by atoms with Gasteiger partial charge in [0, 0.05) is 11.9 Å². The van der Waals surface area contributed by atoms with Crippen LogP contribution in [-0.4, -0.2) is 33.2 Å². The maximum Gasteiger partial charge on any atom is 0.322 e. The van der Waals surface area contributed by atoms with Gasteiger partial charge < -0.3 is 20.1 Å². The number of carbonyl (C=O) groups excluding carboxylic acids is 1. The highest BCUT2D eigenvalue weighted by Crippen LogP contribution is 2.30. The van der Waals surface area contributed by atoms with Gasteiger partial charge in [0.25, 0.3) is 11.5 Å². The molecule has 2 aromatic rings. The number of nitrogens with one attached hydrogen (secondary N) is 1. The van der Waals surface area contributed by atoms with Gasteiger partial charge in [-0.05, 0) is 30.5 Å². The number of benzene rings is 1. The molecule has 1 heterocycles. The normalized spacial score (nSPS) is 14.6. The molecule has 1 aromatic heterocycles. The molecule has 144 valence electrons. The minimum absolute atomic E-state index is 0.0431. The van der Waals surface area contributed by atoms with E-state index < -0.39 is 41.1 Å². The van der Waals surface area contributed by atoms with Crippen LogP contribution in [0.5, 0.6) is 5.75 Å². The number of rotatable bonds is 6. The molecule has 7 nitrogen and oxygen atoms in total. The van der Waals surface area contributed by atoms with Crippen LogP contribution in [0.2, 0.25) is 0 Å². The summed E-state index contributed by atoms with van der Waals surface area (Å²) in [5, 5.41) is 21.2. The number of aromatic nitrogens is 1. The van der Waals surface area contributed by atoms with Crippen molar-refractivity contribution in [3.63, 3.8) is 0 Å². The van der Waals surface area contributed by atoms with E-state index >= 15 is 0 Å². The molecule has 1 saturated carbocycles. The topological polar surface area (TPSA) is 109 Å². The van der Waals surface area contributed by atoms with E-state index in [0.29, 0.717) is 18.0 Å². The zero-order valence-corrected chi connectivity index (χ0v) is 14.7. The average Bonchev–Trinajstić information content (AvgIpc) is 3.14. The van der Waals surface area contributed by atoms with E-state index in [4.69, 9.17) is 5.11 Å². The van der Waals surface area contributed by atoms with Gasteiger partial charge >= 0.3 is 5.97 Å². The second kappa shape index (κ2) is 7.77. The lowest BCUT2D eigenvalue weighted by molar-refractivity contribution is -0.135. The maximum absolute atomic E-state index is 13.7. The SMILES string of the molecule is O=C(O)CNC(=O)c1c(O)c2cc(F)ccc2n(CCC2CCCC2)c1=O. The lowest BCUT2D eigenvalue weighted by Crippen LogP contribution is -2.36. The van der Waals surface area contributed by atoms with Crippen molar-refractivity contribution in [3.8, 4) is 5.75 Å². The molecule has 0 atom stereocenters. The quantitative estimate of drug-likeness (QED) is 0.716. The van der Waals surface area contributed by atoms with Crippen LogP contribution >= 0.6 is 0 Å². The number of hydrogen-bond acceptors (Lipinski definition) is 4. The molecule has 0 saturated heterocycles. The molecule has 3 rings (SSSR count). The molecule has 0 aliphatic heterocycles. The molecule has 0 radical (unpaired) electrons. The smallest absolute Gasteiger partial charge is 0.322 e. The van der Waals surface area contributed by atoms with Gasteiger partial charge in [-0.1, -0.05) is 25.7 Å². The molecule has 0 bridgehead atoms. The molecule has 1 aliphatic carbocycles. The average molecular weight is 376 g/mol. The van der Waals surface area contributed by atoms with Gasteiger partial charge in [-0.2, -0.15) is 0 Å². The monoisotopic (exact) mass is 376 g/mol. The molecule has 8 heteroatoms. The first-order valence-electron chi connectivity index (χ1n) is 8.93. The van der Waals surface area contributed by atoms with Gasteiger partial charge in [0.2, 0.25) is 0 Å². The third-order valence-corrected chi connectivity index (χ3v) is 5.06. The standard InChI is InChI=1S/C19H21FN2O5/c20-12-5-6-14-13(9-12)17(25)16(18(26)21-10-15(23)24)19(27)22(14)8-7-11-3-1-2-4-11/h5-6,9,11,25H,1-4,7-8,10H2,(H,21,26)(H,23,24). The molecule has 1 aliphatic rings. The largest absolute Gasteiger partial charge is 0.506 e. The number of pyridine rings is 1. The van der Waals surface area contributed by atoms with Gasteiger partial charge in [0.1, 0.15) is 23.7 Å². The van der Waals surface area contributed by atoms with Crippen molar-refractivity contribution >= 4 is 22.8 Å². The van der Waals surface area contributed by atoms with Crippen LogP contribution in [0, 0.1) is 11.7 Å². The third kappa shape index (κ3) is 3.94. The first kappa shape index (κ1) is 18.9. The highest BCUT2D eigenvalue weighted by atomic mass is 19.1. The first-order valence-corrected chi connectivity index (χ1v) is 8.93. The van der Waals surface area contributed by atoms with E-state index in [1.807, 2.05) is 0 Å². The predicted molar refractivity (Wildman–Crippen MR) is 96.4 cm³/mol. The van der Waals surface area contributed by atoms with Gasteiger partial charge in [-0.25, -0.2) is 4.39 Å². The highest BCUT2D eigenvalue weighted by molar-refractivity contribution is 6.03. The molecule has 1 amide bonds. The maximum atomic E-state index is 13.7. The van der Waals surface area contributed by atoms with Crippen molar-refractivity contribution in [2.24, 2.45) is 5.92 Å². The first-order chi connectivity index (χ1) is 12.9. The summed E-state index contributed by atoms with van der Waals surface area (Å²) in [5.41, 5.74) is -0.944. The lowest BCUT2D eigenvalue weighted by Gasteiger charge is -2.16. The third-order valence-electron chi connectivity index (χ3n) is 5.06.